The zero-order valence-corrected chi connectivity index (χ0v) is 10.8. The van der Waals surface area contributed by atoms with Gasteiger partial charge in [-0.2, -0.15) is 0 Å². The van der Waals surface area contributed by atoms with Gasteiger partial charge >= 0.3 is 0 Å². The number of hydrogen-bond acceptors (Lipinski definition) is 3. The maximum absolute atomic E-state index is 13.1. The largest absolute Gasteiger partial charge is 0.490 e. The van der Waals surface area contributed by atoms with Crippen LogP contribution < -0.4 is 10.5 Å². The van der Waals surface area contributed by atoms with E-state index in [-0.39, 0.29) is 13.2 Å². The van der Waals surface area contributed by atoms with E-state index in [1.54, 1.807) is 12.4 Å². The summed E-state index contributed by atoms with van der Waals surface area (Å²) in [5.74, 6) is 0.648. The van der Waals surface area contributed by atoms with Gasteiger partial charge in [-0.05, 0) is 36.2 Å². The fourth-order valence-corrected chi connectivity index (χ4v) is 1.79. The summed E-state index contributed by atoms with van der Waals surface area (Å²) in [6, 6.07) is 9.66. The molecule has 0 spiro atoms. The molecule has 1 atom stereocenters. The van der Waals surface area contributed by atoms with E-state index < -0.39 is 6.17 Å². The standard InChI is InChI=1S/C15H17FN2O/c1-11-5-13(12-3-2-4-18-9-12)7-15(6-11)19-10-14(16)8-17/h2-7,9,14H,8,10,17H2,1H3. The van der Waals surface area contributed by atoms with E-state index >= 15 is 0 Å². The number of hydrogen-bond donors (Lipinski definition) is 1. The molecule has 1 aromatic carbocycles. The zero-order valence-electron chi connectivity index (χ0n) is 10.8. The van der Waals surface area contributed by atoms with Crippen LogP contribution in [0.15, 0.2) is 42.7 Å². The van der Waals surface area contributed by atoms with Crippen LogP contribution in [0.1, 0.15) is 5.56 Å². The fraction of sp³-hybridized carbons (Fsp3) is 0.267. The molecule has 2 N–H and O–H groups in total. The Kier molecular flexibility index (Phi) is 4.47. The first-order valence-electron chi connectivity index (χ1n) is 6.18. The molecule has 0 amide bonds. The monoisotopic (exact) mass is 260 g/mol. The van der Waals surface area contributed by atoms with E-state index in [0.29, 0.717) is 5.75 Å². The fourth-order valence-electron chi connectivity index (χ4n) is 1.79. The molecule has 1 aromatic heterocycles. The van der Waals surface area contributed by atoms with Crippen molar-refractivity contribution in [1.82, 2.24) is 4.98 Å². The summed E-state index contributed by atoms with van der Waals surface area (Å²) in [4.78, 5) is 4.09. The Morgan fingerprint density at radius 2 is 2.16 bits per heavy atom. The van der Waals surface area contributed by atoms with Crippen molar-refractivity contribution in [3.8, 4) is 16.9 Å². The van der Waals surface area contributed by atoms with E-state index in [1.165, 1.54) is 0 Å². The Hall–Kier alpha value is -1.94. The Bertz CT molecular complexity index is 531. The number of benzene rings is 1. The molecule has 0 radical (unpaired) electrons. The number of alkyl halides is 1. The number of ether oxygens (including phenoxy) is 1. The van der Waals surface area contributed by atoms with Gasteiger partial charge in [0.1, 0.15) is 18.5 Å². The number of halogens is 1. The molecule has 0 bridgehead atoms. The summed E-state index contributed by atoms with van der Waals surface area (Å²) < 4.78 is 18.5. The topological polar surface area (TPSA) is 48.1 Å². The number of aryl methyl sites for hydroxylation is 1. The molecule has 1 unspecified atom stereocenters. The van der Waals surface area contributed by atoms with Crippen molar-refractivity contribution in [3.05, 3.63) is 48.3 Å². The number of aromatic nitrogens is 1. The van der Waals surface area contributed by atoms with Crippen LogP contribution >= 0.6 is 0 Å². The van der Waals surface area contributed by atoms with Crippen LogP contribution in [-0.2, 0) is 0 Å². The summed E-state index contributed by atoms with van der Waals surface area (Å²) in [5.41, 5.74) is 8.29. The van der Waals surface area contributed by atoms with E-state index in [0.717, 1.165) is 16.7 Å². The third-order valence-electron chi connectivity index (χ3n) is 2.73. The molecule has 4 heteroatoms. The first kappa shape index (κ1) is 13.5. The molecule has 19 heavy (non-hydrogen) atoms. The Balaban J connectivity index is 2.20. The number of nitrogens with zero attached hydrogens (tertiary/aromatic N) is 1. The maximum atomic E-state index is 13.1. The first-order valence-corrected chi connectivity index (χ1v) is 6.18. The lowest BCUT2D eigenvalue weighted by molar-refractivity contribution is 0.201. The van der Waals surface area contributed by atoms with E-state index in [9.17, 15) is 4.39 Å². The number of nitrogens with two attached hydrogens (primary N) is 1. The molecule has 2 aromatic rings. The molecule has 0 aliphatic rings. The highest BCUT2D eigenvalue weighted by molar-refractivity contribution is 5.65. The van der Waals surface area contributed by atoms with Gasteiger partial charge in [-0.3, -0.25) is 4.98 Å². The third kappa shape index (κ3) is 3.76. The number of pyridine rings is 1. The molecule has 100 valence electrons. The van der Waals surface area contributed by atoms with Crippen LogP contribution in [0.5, 0.6) is 5.75 Å². The predicted octanol–water partition coefficient (Wildman–Crippen LogP) is 2.73. The minimum absolute atomic E-state index is 0.0214. The van der Waals surface area contributed by atoms with Crippen molar-refractivity contribution in [1.29, 1.82) is 0 Å². The van der Waals surface area contributed by atoms with E-state index in [4.69, 9.17) is 10.5 Å². The summed E-state index contributed by atoms with van der Waals surface area (Å²) in [6.45, 7) is 1.93. The molecule has 0 saturated heterocycles. The van der Waals surface area contributed by atoms with Crippen LogP contribution in [0.4, 0.5) is 4.39 Å². The quantitative estimate of drug-likeness (QED) is 0.899. The molecule has 0 fully saturated rings. The SMILES string of the molecule is Cc1cc(OCC(F)CN)cc(-c2cccnc2)c1. The zero-order chi connectivity index (χ0) is 13.7. The van der Waals surface area contributed by atoms with Gasteiger partial charge in [0, 0.05) is 24.5 Å². The molecular formula is C15H17FN2O. The van der Waals surface area contributed by atoms with Crippen LogP contribution in [0.25, 0.3) is 11.1 Å². The van der Waals surface area contributed by atoms with Gasteiger partial charge in [0.2, 0.25) is 0 Å². The van der Waals surface area contributed by atoms with Gasteiger partial charge in [-0.1, -0.05) is 12.1 Å². The van der Waals surface area contributed by atoms with Crippen molar-refractivity contribution in [3.63, 3.8) is 0 Å². The van der Waals surface area contributed by atoms with Gasteiger partial charge in [-0.15, -0.1) is 0 Å². The van der Waals surface area contributed by atoms with Gasteiger partial charge in [0.25, 0.3) is 0 Å². The van der Waals surface area contributed by atoms with Crippen molar-refractivity contribution < 1.29 is 9.13 Å². The van der Waals surface area contributed by atoms with Gasteiger partial charge in [-0.25, -0.2) is 4.39 Å². The van der Waals surface area contributed by atoms with Crippen LogP contribution in [-0.4, -0.2) is 24.3 Å². The second kappa shape index (κ2) is 6.29. The minimum Gasteiger partial charge on any atom is -0.490 e. The Morgan fingerprint density at radius 1 is 1.32 bits per heavy atom. The average molecular weight is 260 g/mol. The predicted molar refractivity (Wildman–Crippen MR) is 73.9 cm³/mol. The summed E-state index contributed by atoms with van der Waals surface area (Å²) in [5, 5.41) is 0. The van der Waals surface area contributed by atoms with Crippen LogP contribution in [0, 0.1) is 6.92 Å². The number of rotatable bonds is 5. The molecule has 1 heterocycles. The lowest BCUT2D eigenvalue weighted by atomic mass is 10.0. The molecule has 3 nitrogen and oxygen atoms in total. The molecule has 0 saturated carbocycles. The van der Waals surface area contributed by atoms with Gasteiger partial charge in [0.05, 0.1) is 0 Å². The maximum Gasteiger partial charge on any atom is 0.146 e. The third-order valence-corrected chi connectivity index (χ3v) is 2.73. The molecule has 0 aliphatic carbocycles. The van der Waals surface area contributed by atoms with E-state index in [1.807, 2.05) is 37.3 Å². The molecule has 0 aliphatic heterocycles. The second-order valence-corrected chi connectivity index (χ2v) is 4.42. The van der Waals surface area contributed by atoms with Gasteiger partial charge in [0.15, 0.2) is 0 Å². The summed E-state index contributed by atoms with van der Waals surface area (Å²) in [7, 11) is 0. The minimum atomic E-state index is -1.14. The molecular weight excluding hydrogens is 243 g/mol. The lowest BCUT2D eigenvalue weighted by Crippen LogP contribution is -2.22. The highest BCUT2D eigenvalue weighted by Gasteiger charge is 2.06. The van der Waals surface area contributed by atoms with Crippen molar-refractivity contribution in [2.45, 2.75) is 13.1 Å². The van der Waals surface area contributed by atoms with E-state index in [2.05, 4.69) is 4.98 Å². The van der Waals surface area contributed by atoms with Crippen LogP contribution in [0.3, 0.4) is 0 Å². The van der Waals surface area contributed by atoms with Crippen molar-refractivity contribution >= 4 is 0 Å². The van der Waals surface area contributed by atoms with Crippen molar-refractivity contribution in [2.75, 3.05) is 13.2 Å². The first-order chi connectivity index (χ1) is 9.19. The molecule has 2 rings (SSSR count). The second-order valence-electron chi connectivity index (χ2n) is 4.42. The Morgan fingerprint density at radius 3 is 2.84 bits per heavy atom. The highest BCUT2D eigenvalue weighted by atomic mass is 19.1. The summed E-state index contributed by atoms with van der Waals surface area (Å²) >= 11 is 0. The van der Waals surface area contributed by atoms with Gasteiger partial charge < -0.3 is 10.5 Å². The smallest absolute Gasteiger partial charge is 0.146 e. The summed E-state index contributed by atoms with van der Waals surface area (Å²) in [6.07, 6.45) is 2.38. The van der Waals surface area contributed by atoms with Crippen LogP contribution in [0.2, 0.25) is 0 Å². The highest BCUT2D eigenvalue weighted by Crippen LogP contribution is 2.25. The lowest BCUT2D eigenvalue weighted by Gasteiger charge is -2.11. The average Bonchev–Trinajstić information content (AvgIpc) is 2.45. The van der Waals surface area contributed by atoms with Crippen molar-refractivity contribution in [2.24, 2.45) is 5.73 Å². The normalized spacial score (nSPS) is 12.2. The Labute approximate surface area is 112 Å².